The molecule has 3 fully saturated rings. The molecule has 1 spiro atoms. The molecule has 3 saturated heterocycles. The van der Waals surface area contributed by atoms with E-state index >= 15 is 0 Å². The van der Waals surface area contributed by atoms with E-state index in [1.165, 1.54) is 0 Å². The third-order valence-electron chi connectivity index (χ3n) is 4.24. The van der Waals surface area contributed by atoms with E-state index in [1.54, 1.807) is 4.90 Å². The van der Waals surface area contributed by atoms with Gasteiger partial charge in [-0.05, 0) is 19.3 Å². The van der Waals surface area contributed by atoms with E-state index in [1.807, 2.05) is 0 Å². The minimum atomic E-state index is -0.868. The van der Waals surface area contributed by atoms with Crippen LogP contribution >= 0.6 is 0 Å². The molecule has 8 nitrogen and oxygen atoms in total. The largest absolute Gasteiger partial charge is 0.344 e. The number of hydrogen-bond donors (Lipinski definition) is 3. The fraction of sp³-hybridized carbons (Fsp3) is 0.667. The zero-order valence-electron chi connectivity index (χ0n) is 10.9. The lowest BCUT2D eigenvalue weighted by Gasteiger charge is -2.37. The van der Waals surface area contributed by atoms with Crippen molar-refractivity contribution < 1.29 is 19.2 Å². The summed E-state index contributed by atoms with van der Waals surface area (Å²) in [7, 11) is 0. The van der Waals surface area contributed by atoms with Crippen LogP contribution in [0, 0.1) is 0 Å². The molecule has 0 aromatic rings. The molecule has 0 aromatic heterocycles. The van der Waals surface area contributed by atoms with Crippen LogP contribution in [0.25, 0.3) is 0 Å². The lowest BCUT2D eigenvalue weighted by atomic mass is 9.87. The maximum Gasteiger partial charge on any atom is 0.322 e. The van der Waals surface area contributed by atoms with Crippen molar-refractivity contribution in [1.82, 2.24) is 20.9 Å². The van der Waals surface area contributed by atoms with Crippen LogP contribution in [0.3, 0.4) is 0 Å². The number of likely N-dealkylation sites (tertiary alicyclic amines) is 1. The molecule has 3 rings (SSSR count). The van der Waals surface area contributed by atoms with Gasteiger partial charge >= 0.3 is 6.03 Å². The molecule has 0 aliphatic carbocycles. The van der Waals surface area contributed by atoms with Crippen LogP contribution in [-0.4, -0.2) is 53.3 Å². The quantitative estimate of drug-likeness (QED) is 0.506. The van der Waals surface area contributed by atoms with Gasteiger partial charge < -0.3 is 15.5 Å². The number of urea groups is 1. The summed E-state index contributed by atoms with van der Waals surface area (Å²) in [5.41, 5.74) is -0.868. The Morgan fingerprint density at radius 1 is 1.20 bits per heavy atom. The second-order valence-electron chi connectivity index (χ2n) is 5.47. The van der Waals surface area contributed by atoms with Crippen LogP contribution in [0.2, 0.25) is 0 Å². The van der Waals surface area contributed by atoms with Crippen LogP contribution in [0.15, 0.2) is 0 Å². The van der Waals surface area contributed by atoms with E-state index in [0.717, 1.165) is 0 Å². The summed E-state index contributed by atoms with van der Waals surface area (Å²) in [6.07, 6.45) is 1.71. The van der Waals surface area contributed by atoms with Gasteiger partial charge in [0.05, 0.1) is 0 Å². The van der Waals surface area contributed by atoms with Crippen molar-refractivity contribution in [2.24, 2.45) is 0 Å². The standard InChI is InChI=1S/C12H16N4O4/c17-8-2-1-7(13-8)9(18)16-5-3-12(4-6-16)10(19)14-11(20)15-12/h7H,1-6H2,(H,13,17)(H2,14,15,19,20). The number of imide groups is 1. The summed E-state index contributed by atoms with van der Waals surface area (Å²) in [5.74, 6) is -0.515. The first kappa shape index (κ1) is 12.9. The number of nitrogens with one attached hydrogen (secondary N) is 3. The lowest BCUT2D eigenvalue weighted by Crippen LogP contribution is -2.57. The minimum absolute atomic E-state index is 0.0979. The molecule has 0 aromatic carbocycles. The molecule has 3 aliphatic rings. The first-order valence-electron chi connectivity index (χ1n) is 6.72. The number of nitrogens with zero attached hydrogens (tertiary/aromatic N) is 1. The van der Waals surface area contributed by atoms with Crippen molar-refractivity contribution in [3.8, 4) is 0 Å². The van der Waals surface area contributed by atoms with E-state index < -0.39 is 17.6 Å². The molecule has 108 valence electrons. The second-order valence-corrected chi connectivity index (χ2v) is 5.47. The average molecular weight is 280 g/mol. The van der Waals surface area contributed by atoms with Gasteiger partial charge in [0.2, 0.25) is 11.8 Å². The molecular formula is C12H16N4O4. The van der Waals surface area contributed by atoms with Crippen molar-refractivity contribution in [2.45, 2.75) is 37.3 Å². The Hall–Kier alpha value is -2.12. The van der Waals surface area contributed by atoms with Crippen LogP contribution in [0.4, 0.5) is 4.79 Å². The van der Waals surface area contributed by atoms with Gasteiger partial charge in [-0.25, -0.2) is 4.79 Å². The predicted molar refractivity (Wildman–Crippen MR) is 66.4 cm³/mol. The van der Waals surface area contributed by atoms with E-state index in [2.05, 4.69) is 16.0 Å². The molecule has 0 bridgehead atoms. The van der Waals surface area contributed by atoms with Crippen molar-refractivity contribution in [2.75, 3.05) is 13.1 Å². The lowest BCUT2D eigenvalue weighted by molar-refractivity contribution is -0.138. The molecule has 3 N–H and O–H groups in total. The number of hydrogen-bond acceptors (Lipinski definition) is 4. The predicted octanol–water partition coefficient (Wildman–Crippen LogP) is -1.53. The van der Waals surface area contributed by atoms with Gasteiger partial charge in [0.1, 0.15) is 11.6 Å². The van der Waals surface area contributed by atoms with Crippen molar-refractivity contribution in [1.29, 1.82) is 0 Å². The molecular weight excluding hydrogens is 264 g/mol. The molecule has 20 heavy (non-hydrogen) atoms. The Morgan fingerprint density at radius 3 is 2.40 bits per heavy atom. The Labute approximate surface area is 115 Å². The Morgan fingerprint density at radius 2 is 1.90 bits per heavy atom. The normalized spacial score (nSPS) is 28.3. The first-order valence-corrected chi connectivity index (χ1v) is 6.72. The van der Waals surface area contributed by atoms with E-state index in [0.29, 0.717) is 38.8 Å². The summed E-state index contributed by atoms with van der Waals surface area (Å²) in [6, 6.07) is -0.915. The minimum Gasteiger partial charge on any atom is -0.344 e. The number of amides is 5. The maximum absolute atomic E-state index is 12.2. The average Bonchev–Trinajstić information content (AvgIpc) is 2.95. The van der Waals surface area contributed by atoms with Crippen molar-refractivity contribution in [3.05, 3.63) is 0 Å². The highest BCUT2D eigenvalue weighted by Gasteiger charge is 2.48. The second kappa shape index (κ2) is 4.46. The fourth-order valence-electron chi connectivity index (χ4n) is 3.01. The fourth-order valence-corrected chi connectivity index (χ4v) is 3.01. The van der Waals surface area contributed by atoms with Crippen molar-refractivity contribution >= 4 is 23.8 Å². The number of piperidine rings is 1. The van der Waals surface area contributed by atoms with Crippen molar-refractivity contribution in [3.63, 3.8) is 0 Å². The molecule has 8 heteroatoms. The van der Waals surface area contributed by atoms with Gasteiger partial charge in [0, 0.05) is 19.5 Å². The van der Waals surface area contributed by atoms with E-state index in [9.17, 15) is 19.2 Å². The van der Waals surface area contributed by atoms with Gasteiger partial charge in [-0.2, -0.15) is 0 Å². The molecule has 5 amide bonds. The summed E-state index contributed by atoms with van der Waals surface area (Å²) in [4.78, 5) is 48.0. The molecule has 0 saturated carbocycles. The van der Waals surface area contributed by atoms with E-state index in [4.69, 9.17) is 0 Å². The van der Waals surface area contributed by atoms with Crippen LogP contribution in [0.5, 0.6) is 0 Å². The number of rotatable bonds is 1. The topological polar surface area (TPSA) is 108 Å². The maximum atomic E-state index is 12.2. The number of carbonyl (C=O) groups excluding carboxylic acids is 4. The molecule has 1 atom stereocenters. The molecule has 0 radical (unpaired) electrons. The first-order chi connectivity index (χ1) is 9.50. The third-order valence-corrected chi connectivity index (χ3v) is 4.24. The molecule has 3 heterocycles. The molecule has 1 unspecified atom stereocenters. The van der Waals surface area contributed by atoms with Gasteiger partial charge in [-0.3, -0.25) is 19.7 Å². The van der Waals surface area contributed by atoms with Crippen LogP contribution in [-0.2, 0) is 14.4 Å². The Kier molecular flexibility index (Phi) is 2.88. The third kappa shape index (κ3) is 2.00. The zero-order valence-corrected chi connectivity index (χ0v) is 10.9. The van der Waals surface area contributed by atoms with E-state index in [-0.39, 0.29) is 17.7 Å². The van der Waals surface area contributed by atoms with Crippen LogP contribution in [0.1, 0.15) is 25.7 Å². The Balaban J connectivity index is 1.61. The smallest absolute Gasteiger partial charge is 0.322 e. The summed E-state index contributed by atoms with van der Waals surface area (Å²) in [5, 5.41) is 7.53. The summed E-state index contributed by atoms with van der Waals surface area (Å²) >= 11 is 0. The molecule has 3 aliphatic heterocycles. The van der Waals surface area contributed by atoms with Gasteiger partial charge in [0.25, 0.3) is 5.91 Å². The highest BCUT2D eigenvalue weighted by Crippen LogP contribution is 2.26. The van der Waals surface area contributed by atoms with Gasteiger partial charge in [-0.15, -0.1) is 0 Å². The summed E-state index contributed by atoms with van der Waals surface area (Å²) < 4.78 is 0. The highest BCUT2D eigenvalue weighted by atomic mass is 16.2. The van der Waals surface area contributed by atoms with Crippen LogP contribution < -0.4 is 16.0 Å². The Bertz CT molecular complexity index is 496. The van der Waals surface area contributed by atoms with Gasteiger partial charge in [-0.1, -0.05) is 0 Å². The number of carbonyl (C=O) groups is 4. The summed E-state index contributed by atoms with van der Waals surface area (Å²) in [6.45, 7) is 0.803. The monoisotopic (exact) mass is 280 g/mol. The zero-order chi connectivity index (χ0) is 14.3. The highest BCUT2D eigenvalue weighted by molar-refractivity contribution is 6.07. The SMILES string of the molecule is O=C1CCC(C(=O)N2CCC3(CC2)NC(=O)NC3=O)N1. The van der Waals surface area contributed by atoms with Gasteiger partial charge in [0.15, 0.2) is 0 Å².